The van der Waals surface area contributed by atoms with Crippen molar-refractivity contribution in [2.45, 2.75) is 6.92 Å². The van der Waals surface area contributed by atoms with E-state index in [1.165, 1.54) is 49.7 Å². The normalized spacial score (nSPS) is 10.8. The van der Waals surface area contributed by atoms with Crippen LogP contribution in [0.15, 0.2) is 54.4 Å². The zero-order chi connectivity index (χ0) is 20.5. The summed E-state index contributed by atoms with van der Waals surface area (Å²) in [6.07, 6.45) is 4.17. The third kappa shape index (κ3) is 5.84. The Balaban J connectivity index is 1.96. The number of nitrogens with zero attached hydrogens (tertiary/aromatic N) is 2. The number of esters is 1. The van der Waals surface area contributed by atoms with Crippen molar-refractivity contribution in [3.05, 3.63) is 75.6 Å². The van der Waals surface area contributed by atoms with E-state index in [1.807, 2.05) is 0 Å². The predicted octanol–water partition coefficient (Wildman–Crippen LogP) is 1.94. The molecule has 9 heteroatoms. The first-order valence-corrected chi connectivity index (χ1v) is 8.21. The number of benzene rings is 1. The quantitative estimate of drug-likeness (QED) is 0.140. The molecule has 0 aliphatic heterocycles. The lowest BCUT2D eigenvalue weighted by atomic mass is 10.1. The van der Waals surface area contributed by atoms with E-state index < -0.39 is 16.7 Å². The van der Waals surface area contributed by atoms with Gasteiger partial charge in [-0.15, -0.1) is 0 Å². The van der Waals surface area contributed by atoms with Crippen LogP contribution in [0.25, 0.3) is 6.08 Å². The molecule has 1 aromatic heterocycles. The number of carbonyl (C=O) groups is 3. The second-order valence-electron chi connectivity index (χ2n) is 5.60. The zero-order valence-electron chi connectivity index (χ0n) is 15.0. The van der Waals surface area contributed by atoms with Crippen molar-refractivity contribution >= 4 is 29.4 Å². The molecule has 2 rings (SSSR count). The fraction of sp³-hybridized carbons (Fsp3) is 0.158. The molecule has 0 saturated carbocycles. The Morgan fingerprint density at radius 3 is 2.68 bits per heavy atom. The largest absolute Gasteiger partial charge is 0.460 e. The summed E-state index contributed by atoms with van der Waals surface area (Å²) in [5.74, 6) is -1.80. The Morgan fingerprint density at radius 2 is 2.04 bits per heavy atom. The number of ether oxygens (including phenoxy) is 1. The lowest BCUT2D eigenvalue weighted by molar-refractivity contribution is -0.384. The second kappa shape index (κ2) is 9.72. The van der Waals surface area contributed by atoms with Gasteiger partial charge in [-0.05, 0) is 30.7 Å². The third-order valence-electron chi connectivity index (χ3n) is 3.54. The summed E-state index contributed by atoms with van der Waals surface area (Å²) in [6.45, 7) is 1.08. The Morgan fingerprint density at radius 1 is 1.25 bits per heavy atom. The van der Waals surface area contributed by atoms with E-state index in [0.717, 1.165) is 0 Å². The average molecular weight is 383 g/mol. The summed E-state index contributed by atoms with van der Waals surface area (Å²) in [6, 6.07) is 8.72. The average Bonchev–Trinajstić information content (AvgIpc) is 2.69. The van der Waals surface area contributed by atoms with Gasteiger partial charge in [0.1, 0.15) is 12.2 Å². The molecule has 9 nitrogen and oxygen atoms in total. The zero-order valence-corrected chi connectivity index (χ0v) is 15.0. The number of nitro benzene ring substituents is 1. The summed E-state index contributed by atoms with van der Waals surface area (Å²) < 4.78 is 5.01. The van der Waals surface area contributed by atoms with E-state index in [4.69, 9.17) is 4.74 Å². The van der Waals surface area contributed by atoms with Gasteiger partial charge in [-0.3, -0.25) is 24.7 Å². The minimum absolute atomic E-state index is 0.0431. The first-order valence-electron chi connectivity index (χ1n) is 8.21. The summed E-state index contributed by atoms with van der Waals surface area (Å²) >= 11 is 0. The molecule has 0 unspecified atom stereocenters. The highest BCUT2D eigenvalue weighted by Crippen LogP contribution is 2.16. The molecule has 0 saturated heterocycles. The number of rotatable bonds is 8. The first kappa shape index (κ1) is 20.4. The van der Waals surface area contributed by atoms with Crippen LogP contribution in [0.2, 0.25) is 0 Å². The Hall–Kier alpha value is -3.88. The molecule has 0 aliphatic rings. The van der Waals surface area contributed by atoms with Crippen molar-refractivity contribution in [3.8, 4) is 0 Å². The van der Waals surface area contributed by atoms with Crippen molar-refractivity contribution in [1.82, 2.24) is 10.3 Å². The molecule has 0 fully saturated rings. The minimum atomic E-state index is -0.880. The summed E-state index contributed by atoms with van der Waals surface area (Å²) in [5, 5.41) is 13.4. The molecule has 28 heavy (non-hydrogen) atoms. The maximum Gasteiger partial charge on any atom is 0.341 e. The predicted molar refractivity (Wildman–Crippen MR) is 99.3 cm³/mol. The molecule has 1 N–H and O–H groups in total. The maximum atomic E-state index is 12.2. The number of hydrogen-bond donors (Lipinski definition) is 1. The fourth-order valence-electron chi connectivity index (χ4n) is 2.18. The van der Waals surface area contributed by atoms with Crippen molar-refractivity contribution in [2.75, 3.05) is 13.2 Å². The number of aromatic nitrogens is 1. The van der Waals surface area contributed by atoms with Crippen LogP contribution in [-0.2, 0) is 14.3 Å². The molecular weight excluding hydrogens is 366 g/mol. The Kier molecular flexibility index (Phi) is 7.09. The van der Waals surface area contributed by atoms with E-state index in [0.29, 0.717) is 11.1 Å². The van der Waals surface area contributed by atoms with E-state index in [1.54, 1.807) is 12.1 Å². The SMILES string of the molecule is CC(=O)C(=Cc1cccc([N+](=O)[O-])c1)C(=O)OCCNC(=O)c1cccnc1. The Bertz CT molecular complexity index is 924. The minimum Gasteiger partial charge on any atom is -0.460 e. The van der Waals surface area contributed by atoms with Gasteiger partial charge in [0.2, 0.25) is 0 Å². The van der Waals surface area contributed by atoms with Crippen molar-refractivity contribution in [1.29, 1.82) is 0 Å². The maximum absolute atomic E-state index is 12.2. The molecule has 0 atom stereocenters. The van der Waals surface area contributed by atoms with E-state index in [2.05, 4.69) is 10.3 Å². The van der Waals surface area contributed by atoms with E-state index in [9.17, 15) is 24.5 Å². The lowest BCUT2D eigenvalue weighted by Crippen LogP contribution is -2.28. The molecule has 1 amide bonds. The molecule has 1 aromatic carbocycles. The summed E-state index contributed by atoms with van der Waals surface area (Å²) in [4.78, 5) is 49.8. The number of non-ortho nitro benzene ring substituents is 1. The van der Waals surface area contributed by atoms with Gasteiger partial charge in [0.25, 0.3) is 11.6 Å². The number of nitrogens with one attached hydrogen (secondary N) is 1. The number of pyridine rings is 1. The van der Waals surface area contributed by atoms with Gasteiger partial charge in [0.05, 0.1) is 17.0 Å². The van der Waals surface area contributed by atoms with Crippen LogP contribution in [0.1, 0.15) is 22.8 Å². The van der Waals surface area contributed by atoms with Crippen LogP contribution in [0, 0.1) is 10.1 Å². The molecule has 0 bridgehead atoms. The van der Waals surface area contributed by atoms with Crippen molar-refractivity contribution < 1.29 is 24.0 Å². The van der Waals surface area contributed by atoms with Crippen LogP contribution >= 0.6 is 0 Å². The standard InChI is InChI=1S/C19H17N3O6/c1-13(23)17(11-14-4-2-6-16(10-14)22(26)27)19(25)28-9-8-21-18(24)15-5-3-7-20-12-15/h2-7,10-12H,8-9H2,1H3,(H,21,24). The van der Waals surface area contributed by atoms with Crippen LogP contribution < -0.4 is 5.32 Å². The summed E-state index contributed by atoms with van der Waals surface area (Å²) in [7, 11) is 0. The Labute approximate surface area is 160 Å². The molecular formula is C19H17N3O6. The summed E-state index contributed by atoms with van der Waals surface area (Å²) in [5.41, 5.74) is 0.271. The highest BCUT2D eigenvalue weighted by Gasteiger charge is 2.17. The van der Waals surface area contributed by atoms with Gasteiger partial charge >= 0.3 is 5.97 Å². The van der Waals surface area contributed by atoms with Crippen molar-refractivity contribution in [2.24, 2.45) is 0 Å². The number of nitro groups is 1. The third-order valence-corrected chi connectivity index (χ3v) is 3.54. The molecule has 0 spiro atoms. The van der Waals surface area contributed by atoms with Gasteiger partial charge in [0, 0.05) is 24.5 Å². The highest BCUT2D eigenvalue weighted by atomic mass is 16.6. The smallest absolute Gasteiger partial charge is 0.341 e. The number of amides is 1. The highest BCUT2D eigenvalue weighted by molar-refractivity contribution is 6.19. The van der Waals surface area contributed by atoms with Gasteiger partial charge in [-0.25, -0.2) is 4.79 Å². The topological polar surface area (TPSA) is 128 Å². The molecule has 0 aliphatic carbocycles. The van der Waals surface area contributed by atoms with Crippen LogP contribution in [0.3, 0.4) is 0 Å². The van der Waals surface area contributed by atoms with Gasteiger partial charge in [0.15, 0.2) is 5.78 Å². The van der Waals surface area contributed by atoms with Gasteiger partial charge in [-0.1, -0.05) is 12.1 Å². The van der Waals surface area contributed by atoms with Gasteiger partial charge < -0.3 is 10.1 Å². The number of carbonyl (C=O) groups excluding carboxylic acids is 3. The fourth-order valence-corrected chi connectivity index (χ4v) is 2.18. The number of Topliss-reactive ketones (excluding diaryl/α,β-unsaturated/α-hetero) is 1. The second-order valence-corrected chi connectivity index (χ2v) is 5.60. The van der Waals surface area contributed by atoms with Crippen LogP contribution in [-0.4, -0.2) is 40.7 Å². The monoisotopic (exact) mass is 383 g/mol. The lowest BCUT2D eigenvalue weighted by Gasteiger charge is -2.08. The number of ketones is 1. The van der Waals surface area contributed by atoms with Crippen molar-refractivity contribution in [3.63, 3.8) is 0 Å². The van der Waals surface area contributed by atoms with Gasteiger partial charge in [-0.2, -0.15) is 0 Å². The van der Waals surface area contributed by atoms with E-state index in [-0.39, 0.29) is 30.3 Å². The van der Waals surface area contributed by atoms with Crippen LogP contribution in [0.5, 0.6) is 0 Å². The molecule has 1 heterocycles. The first-order chi connectivity index (χ1) is 13.4. The van der Waals surface area contributed by atoms with Crippen LogP contribution in [0.4, 0.5) is 5.69 Å². The molecule has 144 valence electrons. The number of hydrogen-bond acceptors (Lipinski definition) is 7. The molecule has 2 aromatic rings. The molecule has 0 radical (unpaired) electrons. The van der Waals surface area contributed by atoms with E-state index >= 15 is 0 Å².